The molecule has 1 aromatic heterocycles. The van der Waals surface area contributed by atoms with Crippen LogP contribution < -0.4 is 4.74 Å². The number of carbonyl (C=O) groups is 2. The Kier molecular flexibility index (Phi) is 6.23. The van der Waals surface area contributed by atoms with Crippen LogP contribution in [0.2, 0.25) is 0 Å². The van der Waals surface area contributed by atoms with Crippen molar-refractivity contribution in [3.63, 3.8) is 0 Å². The molecule has 0 spiro atoms. The lowest BCUT2D eigenvalue weighted by Crippen LogP contribution is -2.54. The first-order valence-corrected chi connectivity index (χ1v) is 10.5. The fourth-order valence-corrected chi connectivity index (χ4v) is 3.84. The van der Waals surface area contributed by atoms with E-state index in [1.807, 2.05) is 56.3 Å². The van der Waals surface area contributed by atoms with Gasteiger partial charge >= 0.3 is 12.0 Å². The molecule has 1 atom stereocenters. The van der Waals surface area contributed by atoms with Gasteiger partial charge in [-0.3, -0.25) is 4.90 Å². The quantitative estimate of drug-likeness (QED) is 0.656. The maximum Gasteiger partial charge on any atom is 0.356 e. The Morgan fingerprint density at radius 3 is 2.56 bits per heavy atom. The van der Waals surface area contributed by atoms with E-state index in [2.05, 4.69) is 16.1 Å². The highest BCUT2D eigenvalue weighted by atomic mass is 16.5. The zero-order valence-electron chi connectivity index (χ0n) is 18.1. The summed E-state index contributed by atoms with van der Waals surface area (Å²) in [5.74, 6) is 0.447. The van der Waals surface area contributed by atoms with Crippen molar-refractivity contribution in [2.45, 2.75) is 26.4 Å². The first-order valence-electron chi connectivity index (χ1n) is 10.5. The molecule has 0 aliphatic carbocycles. The van der Waals surface area contributed by atoms with Crippen LogP contribution in [0, 0.1) is 6.92 Å². The van der Waals surface area contributed by atoms with Crippen LogP contribution in [0.25, 0.3) is 0 Å². The van der Waals surface area contributed by atoms with Gasteiger partial charge in [0.15, 0.2) is 5.69 Å². The van der Waals surface area contributed by atoms with Gasteiger partial charge in [0, 0.05) is 38.4 Å². The lowest BCUT2D eigenvalue weighted by atomic mass is 10.1. The van der Waals surface area contributed by atoms with Crippen molar-refractivity contribution < 1.29 is 19.4 Å². The largest absolute Gasteiger partial charge is 0.476 e. The second-order valence-corrected chi connectivity index (χ2v) is 8.07. The maximum absolute atomic E-state index is 12.7. The van der Waals surface area contributed by atoms with Gasteiger partial charge in [-0.25, -0.2) is 9.59 Å². The minimum atomic E-state index is -1.15. The van der Waals surface area contributed by atoms with Crippen molar-refractivity contribution in [1.82, 2.24) is 19.6 Å². The summed E-state index contributed by atoms with van der Waals surface area (Å²) >= 11 is 0. The first-order chi connectivity index (χ1) is 15.4. The summed E-state index contributed by atoms with van der Waals surface area (Å²) in [7, 11) is 0. The Bertz CT molecular complexity index is 1110. The molecular weight excluding hydrogens is 408 g/mol. The SMILES string of the molecule is Cc1ccc(Oc2cccc(CN3CCN(C(=O)n4ccc(C(=O)O)n4)[C@@H](C)C3)c2)cc1. The number of carboxylic acids is 1. The molecule has 1 fully saturated rings. The molecule has 1 aliphatic rings. The zero-order valence-corrected chi connectivity index (χ0v) is 18.1. The fourth-order valence-electron chi connectivity index (χ4n) is 3.84. The Morgan fingerprint density at radius 1 is 1.09 bits per heavy atom. The van der Waals surface area contributed by atoms with E-state index in [1.165, 1.54) is 17.8 Å². The number of ether oxygens (including phenoxy) is 1. The maximum atomic E-state index is 12.7. The average molecular weight is 434 g/mol. The molecule has 1 N–H and O–H groups in total. The molecule has 1 aliphatic heterocycles. The summed E-state index contributed by atoms with van der Waals surface area (Å²) in [6, 6.07) is 17.0. The smallest absolute Gasteiger partial charge is 0.356 e. The van der Waals surface area contributed by atoms with Crippen LogP contribution in [0.5, 0.6) is 11.5 Å². The number of benzene rings is 2. The van der Waals surface area contributed by atoms with Gasteiger partial charge in [-0.15, -0.1) is 0 Å². The molecule has 4 rings (SSSR count). The average Bonchev–Trinajstić information content (AvgIpc) is 3.26. The number of aryl methyl sites for hydroxylation is 1. The highest BCUT2D eigenvalue weighted by Gasteiger charge is 2.29. The van der Waals surface area contributed by atoms with Crippen molar-refractivity contribution in [1.29, 1.82) is 0 Å². The number of aromatic carboxylic acids is 1. The normalized spacial score (nSPS) is 16.7. The van der Waals surface area contributed by atoms with Gasteiger partial charge in [0.25, 0.3) is 0 Å². The lowest BCUT2D eigenvalue weighted by molar-refractivity contribution is 0.0689. The fraction of sp³-hybridized carbons (Fsp3) is 0.292. The van der Waals surface area contributed by atoms with Crippen molar-refractivity contribution in [3.8, 4) is 11.5 Å². The van der Waals surface area contributed by atoms with Crippen LogP contribution in [0.3, 0.4) is 0 Å². The molecule has 1 amide bonds. The molecule has 1 saturated heterocycles. The van der Waals surface area contributed by atoms with Gasteiger partial charge < -0.3 is 14.7 Å². The number of carboxylic acid groups (broad SMARTS) is 1. The van der Waals surface area contributed by atoms with Crippen molar-refractivity contribution in [2.24, 2.45) is 0 Å². The topological polar surface area (TPSA) is 87.9 Å². The molecule has 0 saturated carbocycles. The van der Waals surface area contributed by atoms with Crippen LogP contribution in [0.1, 0.15) is 28.5 Å². The Hall–Kier alpha value is -3.65. The van der Waals surface area contributed by atoms with E-state index < -0.39 is 5.97 Å². The first kappa shape index (κ1) is 21.6. The summed E-state index contributed by atoms with van der Waals surface area (Å²) in [5, 5.41) is 12.9. The Balaban J connectivity index is 1.36. The van der Waals surface area contributed by atoms with Crippen molar-refractivity contribution in [2.75, 3.05) is 19.6 Å². The minimum Gasteiger partial charge on any atom is -0.476 e. The molecule has 0 unspecified atom stereocenters. The number of piperazine rings is 1. The van der Waals surface area contributed by atoms with Crippen LogP contribution in [0.15, 0.2) is 60.8 Å². The third-order valence-electron chi connectivity index (χ3n) is 5.52. The number of hydrogen-bond acceptors (Lipinski definition) is 5. The second kappa shape index (κ2) is 9.23. The van der Waals surface area contributed by atoms with E-state index in [0.29, 0.717) is 19.6 Å². The Labute approximate surface area is 186 Å². The van der Waals surface area contributed by atoms with Gasteiger partial charge in [0.1, 0.15) is 11.5 Å². The van der Waals surface area contributed by atoms with E-state index in [-0.39, 0.29) is 17.8 Å². The van der Waals surface area contributed by atoms with Gasteiger partial charge in [0.2, 0.25) is 0 Å². The minimum absolute atomic E-state index is 0.0271. The van der Waals surface area contributed by atoms with Crippen LogP contribution in [-0.4, -0.2) is 62.4 Å². The van der Waals surface area contributed by atoms with Crippen molar-refractivity contribution in [3.05, 3.63) is 77.6 Å². The number of hydrogen-bond donors (Lipinski definition) is 1. The molecule has 8 nitrogen and oxygen atoms in total. The number of aromatic nitrogens is 2. The van der Waals surface area contributed by atoms with Crippen molar-refractivity contribution >= 4 is 12.0 Å². The predicted molar refractivity (Wildman–Crippen MR) is 119 cm³/mol. The summed E-state index contributed by atoms with van der Waals surface area (Å²) < 4.78 is 7.08. The number of carbonyl (C=O) groups excluding carboxylic acids is 1. The highest BCUT2D eigenvalue weighted by molar-refractivity contribution is 5.86. The molecule has 8 heteroatoms. The van der Waals surface area contributed by atoms with E-state index >= 15 is 0 Å². The van der Waals surface area contributed by atoms with E-state index in [0.717, 1.165) is 28.3 Å². The van der Waals surface area contributed by atoms with Crippen LogP contribution in [-0.2, 0) is 6.54 Å². The molecule has 2 heterocycles. The Morgan fingerprint density at radius 2 is 1.88 bits per heavy atom. The standard InChI is InChI=1S/C24H26N4O4/c1-17-6-8-20(9-7-17)32-21-5-3-4-19(14-21)16-26-12-13-27(18(2)15-26)24(31)28-11-10-22(25-28)23(29)30/h3-11,14,18H,12-13,15-16H2,1-2H3,(H,29,30)/t18-/m0/s1. The van der Waals surface area contributed by atoms with Gasteiger partial charge in [0.05, 0.1) is 0 Å². The predicted octanol–water partition coefficient (Wildman–Crippen LogP) is 3.86. The van der Waals surface area contributed by atoms with Crippen LogP contribution in [0.4, 0.5) is 4.79 Å². The molecule has 0 bridgehead atoms. The molecule has 2 aromatic carbocycles. The molecule has 0 radical (unpaired) electrons. The highest BCUT2D eigenvalue weighted by Crippen LogP contribution is 2.24. The van der Waals surface area contributed by atoms with E-state index in [4.69, 9.17) is 9.84 Å². The molecule has 166 valence electrons. The van der Waals surface area contributed by atoms with Gasteiger partial charge in [-0.2, -0.15) is 9.78 Å². The number of nitrogens with zero attached hydrogens (tertiary/aromatic N) is 4. The zero-order chi connectivity index (χ0) is 22.7. The summed E-state index contributed by atoms with van der Waals surface area (Å²) in [5.41, 5.74) is 2.19. The van der Waals surface area contributed by atoms with Gasteiger partial charge in [-0.05, 0) is 49.7 Å². The van der Waals surface area contributed by atoms with E-state index in [1.54, 1.807) is 4.90 Å². The monoisotopic (exact) mass is 434 g/mol. The summed E-state index contributed by atoms with van der Waals surface area (Å²) in [6.07, 6.45) is 1.39. The third kappa shape index (κ3) is 4.97. The third-order valence-corrected chi connectivity index (χ3v) is 5.52. The summed E-state index contributed by atoms with van der Waals surface area (Å²) in [4.78, 5) is 27.8. The number of amides is 1. The number of rotatable bonds is 5. The molecule has 3 aromatic rings. The molecule has 32 heavy (non-hydrogen) atoms. The second-order valence-electron chi connectivity index (χ2n) is 8.07. The van der Waals surface area contributed by atoms with E-state index in [9.17, 15) is 9.59 Å². The van der Waals surface area contributed by atoms with Crippen LogP contribution >= 0.6 is 0 Å². The van der Waals surface area contributed by atoms with Gasteiger partial charge in [-0.1, -0.05) is 29.8 Å². The lowest BCUT2D eigenvalue weighted by Gasteiger charge is -2.39. The summed E-state index contributed by atoms with van der Waals surface area (Å²) in [6.45, 7) is 6.75. The molecular formula is C24H26N4O4.